The minimum absolute atomic E-state index is 0.341. The highest BCUT2D eigenvalue weighted by atomic mass is 16.5. The van der Waals surface area contributed by atoms with Crippen LogP contribution < -0.4 is 0 Å². The maximum absolute atomic E-state index is 10.0. The van der Waals surface area contributed by atoms with Gasteiger partial charge in [0.15, 0.2) is 0 Å². The van der Waals surface area contributed by atoms with Crippen LogP contribution in [0.2, 0.25) is 0 Å². The standard InChI is InChI=1S/C16H26O3/c1-2-3-4-5-6-10-13-15(17)16(18,19)14-11-8-7-9-12-14/h7-9,11-12,15,17-19H,2-6,10,13H2,1H3. The summed E-state index contributed by atoms with van der Waals surface area (Å²) >= 11 is 0. The molecule has 0 amide bonds. The molecule has 0 aliphatic heterocycles. The molecule has 3 nitrogen and oxygen atoms in total. The van der Waals surface area contributed by atoms with Crippen LogP contribution in [0, 0.1) is 0 Å². The monoisotopic (exact) mass is 266 g/mol. The summed E-state index contributed by atoms with van der Waals surface area (Å²) in [7, 11) is 0. The molecule has 0 aliphatic carbocycles. The number of rotatable bonds is 9. The summed E-state index contributed by atoms with van der Waals surface area (Å²) in [4.78, 5) is 0. The number of aliphatic hydroxyl groups excluding tert-OH is 1. The van der Waals surface area contributed by atoms with Crippen molar-refractivity contribution in [2.45, 2.75) is 63.8 Å². The van der Waals surface area contributed by atoms with Gasteiger partial charge in [-0.25, -0.2) is 0 Å². The zero-order valence-electron chi connectivity index (χ0n) is 11.8. The van der Waals surface area contributed by atoms with E-state index in [1.54, 1.807) is 30.3 Å². The predicted octanol–water partition coefficient (Wildman–Crippen LogP) is 2.94. The van der Waals surface area contributed by atoms with Crippen molar-refractivity contribution in [2.24, 2.45) is 0 Å². The van der Waals surface area contributed by atoms with Gasteiger partial charge in [0.05, 0.1) is 0 Å². The van der Waals surface area contributed by atoms with Crippen molar-refractivity contribution in [1.29, 1.82) is 0 Å². The lowest BCUT2D eigenvalue weighted by molar-refractivity contribution is -0.236. The molecule has 1 aromatic carbocycles. The first-order valence-corrected chi connectivity index (χ1v) is 7.27. The Morgan fingerprint density at radius 3 is 2.16 bits per heavy atom. The van der Waals surface area contributed by atoms with Crippen molar-refractivity contribution in [3.8, 4) is 0 Å². The molecule has 1 aromatic rings. The van der Waals surface area contributed by atoms with Crippen LogP contribution in [-0.4, -0.2) is 21.4 Å². The lowest BCUT2D eigenvalue weighted by atomic mass is 9.96. The minimum Gasteiger partial charge on any atom is -0.387 e. The van der Waals surface area contributed by atoms with Gasteiger partial charge in [-0.2, -0.15) is 0 Å². The smallest absolute Gasteiger partial charge is 0.216 e. The molecule has 108 valence electrons. The molecule has 0 saturated carbocycles. The number of hydrogen-bond acceptors (Lipinski definition) is 3. The summed E-state index contributed by atoms with van der Waals surface area (Å²) in [5.74, 6) is -2.15. The summed E-state index contributed by atoms with van der Waals surface area (Å²) in [5.41, 5.74) is 0.341. The van der Waals surface area contributed by atoms with Crippen LogP contribution in [0.1, 0.15) is 57.4 Å². The van der Waals surface area contributed by atoms with Crippen LogP contribution in [0.15, 0.2) is 30.3 Å². The molecule has 0 heterocycles. The molecule has 0 spiro atoms. The fourth-order valence-electron chi connectivity index (χ4n) is 2.20. The molecular formula is C16H26O3. The molecular weight excluding hydrogens is 240 g/mol. The van der Waals surface area contributed by atoms with Crippen molar-refractivity contribution in [2.75, 3.05) is 0 Å². The molecule has 19 heavy (non-hydrogen) atoms. The molecule has 0 aromatic heterocycles. The first-order valence-electron chi connectivity index (χ1n) is 7.27. The maximum atomic E-state index is 10.0. The van der Waals surface area contributed by atoms with Gasteiger partial charge in [-0.05, 0) is 6.42 Å². The van der Waals surface area contributed by atoms with E-state index < -0.39 is 11.9 Å². The topological polar surface area (TPSA) is 60.7 Å². The Labute approximate surface area is 115 Å². The molecule has 3 heteroatoms. The van der Waals surface area contributed by atoms with Crippen LogP contribution in [0.3, 0.4) is 0 Å². The van der Waals surface area contributed by atoms with Gasteiger partial charge in [0.2, 0.25) is 5.79 Å². The van der Waals surface area contributed by atoms with Crippen molar-refractivity contribution in [1.82, 2.24) is 0 Å². The third-order valence-electron chi connectivity index (χ3n) is 3.49. The van der Waals surface area contributed by atoms with Crippen molar-refractivity contribution >= 4 is 0 Å². The number of aliphatic hydroxyl groups is 3. The third kappa shape index (κ3) is 5.31. The Morgan fingerprint density at radius 2 is 1.53 bits per heavy atom. The van der Waals surface area contributed by atoms with Gasteiger partial charge in [-0.1, -0.05) is 75.8 Å². The molecule has 0 fully saturated rings. The van der Waals surface area contributed by atoms with E-state index in [4.69, 9.17) is 0 Å². The van der Waals surface area contributed by atoms with Gasteiger partial charge in [-0.3, -0.25) is 0 Å². The lowest BCUT2D eigenvalue weighted by Gasteiger charge is -2.27. The number of benzene rings is 1. The first-order chi connectivity index (χ1) is 9.09. The second-order valence-corrected chi connectivity index (χ2v) is 5.16. The summed E-state index contributed by atoms with van der Waals surface area (Å²) in [6.45, 7) is 2.18. The zero-order valence-corrected chi connectivity index (χ0v) is 11.8. The fourth-order valence-corrected chi connectivity index (χ4v) is 2.20. The normalized spacial score (nSPS) is 13.5. The molecule has 1 atom stereocenters. The van der Waals surface area contributed by atoms with Gasteiger partial charge < -0.3 is 15.3 Å². The maximum Gasteiger partial charge on any atom is 0.216 e. The van der Waals surface area contributed by atoms with Gasteiger partial charge >= 0.3 is 0 Å². The largest absolute Gasteiger partial charge is 0.387 e. The van der Waals surface area contributed by atoms with E-state index in [1.807, 2.05) is 0 Å². The Balaban J connectivity index is 2.34. The Bertz CT molecular complexity index is 335. The van der Waals surface area contributed by atoms with Crippen molar-refractivity contribution < 1.29 is 15.3 Å². The van der Waals surface area contributed by atoms with Gasteiger partial charge in [0.1, 0.15) is 6.10 Å². The molecule has 0 radical (unpaired) electrons. The van der Waals surface area contributed by atoms with Crippen LogP contribution in [0.25, 0.3) is 0 Å². The van der Waals surface area contributed by atoms with Crippen molar-refractivity contribution in [3.05, 3.63) is 35.9 Å². The quantitative estimate of drug-likeness (QED) is 0.476. The SMILES string of the molecule is CCCCCCCCC(O)C(O)(O)c1ccccc1. The molecule has 3 N–H and O–H groups in total. The average molecular weight is 266 g/mol. The van der Waals surface area contributed by atoms with Gasteiger partial charge in [0, 0.05) is 5.56 Å². The van der Waals surface area contributed by atoms with Crippen LogP contribution in [-0.2, 0) is 5.79 Å². The highest BCUT2D eigenvalue weighted by Gasteiger charge is 2.34. The third-order valence-corrected chi connectivity index (χ3v) is 3.49. The van der Waals surface area contributed by atoms with E-state index in [9.17, 15) is 15.3 Å². The number of hydrogen-bond donors (Lipinski definition) is 3. The lowest BCUT2D eigenvalue weighted by Crippen LogP contribution is -2.39. The summed E-state index contributed by atoms with van der Waals surface area (Å²) < 4.78 is 0. The second kappa shape index (κ2) is 8.31. The Hall–Kier alpha value is -0.900. The summed E-state index contributed by atoms with van der Waals surface area (Å²) in [5, 5.41) is 29.9. The second-order valence-electron chi connectivity index (χ2n) is 5.16. The van der Waals surface area contributed by atoms with Crippen molar-refractivity contribution in [3.63, 3.8) is 0 Å². The first kappa shape index (κ1) is 16.2. The van der Waals surface area contributed by atoms with Gasteiger partial charge in [0.25, 0.3) is 0 Å². The van der Waals surface area contributed by atoms with Crippen LogP contribution in [0.4, 0.5) is 0 Å². The number of unbranched alkanes of at least 4 members (excludes halogenated alkanes) is 5. The molecule has 1 unspecified atom stereocenters. The summed E-state index contributed by atoms with van der Waals surface area (Å²) in [6, 6.07) is 8.50. The van der Waals surface area contributed by atoms with E-state index in [2.05, 4.69) is 6.92 Å². The molecule has 1 rings (SSSR count). The van der Waals surface area contributed by atoms with E-state index >= 15 is 0 Å². The van der Waals surface area contributed by atoms with Crippen LogP contribution in [0.5, 0.6) is 0 Å². The molecule has 0 aliphatic rings. The van der Waals surface area contributed by atoms with E-state index in [0.717, 1.165) is 19.3 Å². The van der Waals surface area contributed by atoms with Gasteiger partial charge in [-0.15, -0.1) is 0 Å². The summed E-state index contributed by atoms with van der Waals surface area (Å²) in [6.07, 6.45) is 5.95. The predicted molar refractivity (Wildman–Crippen MR) is 76.6 cm³/mol. The highest BCUT2D eigenvalue weighted by molar-refractivity contribution is 5.20. The Morgan fingerprint density at radius 1 is 0.947 bits per heavy atom. The fraction of sp³-hybridized carbons (Fsp3) is 0.625. The average Bonchev–Trinajstić information content (AvgIpc) is 2.43. The molecule has 0 bridgehead atoms. The minimum atomic E-state index is -2.15. The van der Waals surface area contributed by atoms with Crippen LogP contribution >= 0.6 is 0 Å². The van der Waals surface area contributed by atoms with E-state index in [1.165, 1.54) is 19.3 Å². The van der Waals surface area contributed by atoms with E-state index in [0.29, 0.717) is 12.0 Å². The molecule has 0 saturated heterocycles. The highest BCUT2D eigenvalue weighted by Crippen LogP contribution is 2.25. The zero-order chi connectivity index (χ0) is 14.1. The van der Waals surface area contributed by atoms with E-state index in [-0.39, 0.29) is 0 Å². The Kier molecular flexibility index (Phi) is 7.06.